The van der Waals surface area contributed by atoms with Crippen molar-refractivity contribution in [1.82, 2.24) is 9.97 Å². The first-order valence-electron chi connectivity index (χ1n) is 12.8. The van der Waals surface area contributed by atoms with E-state index < -0.39 is 17.7 Å². The largest absolute Gasteiger partial charge is 0.478 e. The molecule has 1 heterocycles. The van der Waals surface area contributed by atoms with Gasteiger partial charge in [0.05, 0.1) is 6.61 Å². The summed E-state index contributed by atoms with van der Waals surface area (Å²) in [6, 6.07) is 29.0. The second kappa shape index (κ2) is 12.0. The lowest BCUT2D eigenvalue weighted by Crippen LogP contribution is -2.51. The van der Waals surface area contributed by atoms with Gasteiger partial charge >= 0.3 is 12.0 Å². The second-order valence-corrected chi connectivity index (χ2v) is 9.73. The first-order chi connectivity index (χ1) is 18.3. The van der Waals surface area contributed by atoms with Crippen molar-refractivity contribution in [3.8, 4) is 6.01 Å². The van der Waals surface area contributed by atoms with Crippen molar-refractivity contribution in [3.63, 3.8) is 0 Å². The third kappa shape index (κ3) is 6.09. The van der Waals surface area contributed by atoms with E-state index in [1.807, 2.05) is 80.6 Å². The van der Waals surface area contributed by atoms with Gasteiger partial charge < -0.3 is 14.6 Å². The van der Waals surface area contributed by atoms with Crippen LogP contribution in [0.2, 0.25) is 0 Å². The fourth-order valence-electron chi connectivity index (χ4n) is 4.64. The minimum absolute atomic E-state index is 0.000915. The number of aliphatic carboxylic acids is 1. The van der Waals surface area contributed by atoms with Gasteiger partial charge in [-0.1, -0.05) is 98.8 Å². The number of aromatic nitrogens is 2. The molecule has 0 bridgehead atoms. The molecular weight excluding hydrogens is 476 g/mol. The zero-order valence-electron chi connectivity index (χ0n) is 22.3. The molecule has 0 fully saturated rings. The van der Waals surface area contributed by atoms with Crippen molar-refractivity contribution in [2.45, 2.75) is 51.7 Å². The molecular formula is C32H34N2O4. The number of nitrogens with zero attached hydrogens (tertiary/aromatic N) is 2. The predicted octanol–water partition coefficient (Wildman–Crippen LogP) is 6.25. The molecule has 0 saturated carbocycles. The average molecular weight is 511 g/mol. The predicted molar refractivity (Wildman–Crippen MR) is 147 cm³/mol. The average Bonchev–Trinajstić information content (AvgIpc) is 2.91. The van der Waals surface area contributed by atoms with Gasteiger partial charge in [-0.15, -0.1) is 0 Å². The summed E-state index contributed by atoms with van der Waals surface area (Å²) < 4.78 is 12.8. The van der Waals surface area contributed by atoms with Crippen molar-refractivity contribution in [2.24, 2.45) is 0 Å². The number of carbonyl (C=O) groups is 1. The Hall–Kier alpha value is -4.03. The summed E-state index contributed by atoms with van der Waals surface area (Å²) >= 11 is 0. The second-order valence-electron chi connectivity index (χ2n) is 9.73. The zero-order valence-corrected chi connectivity index (χ0v) is 22.3. The summed E-state index contributed by atoms with van der Waals surface area (Å²) in [5.41, 5.74) is 3.61. The molecule has 0 aliphatic carbocycles. The summed E-state index contributed by atoms with van der Waals surface area (Å²) in [7, 11) is 0. The number of aryl methyl sites for hydroxylation is 2. The van der Waals surface area contributed by atoms with E-state index in [9.17, 15) is 9.90 Å². The minimum Gasteiger partial charge on any atom is -0.478 e. The summed E-state index contributed by atoms with van der Waals surface area (Å²) in [6.45, 7) is 8.24. The molecule has 1 atom stereocenters. The number of benzene rings is 3. The van der Waals surface area contributed by atoms with E-state index in [0.717, 1.165) is 5.56 Å². The van der Waals surface area contributed by atoms with Crippen molar-refractivity contribution >= 4 is 5.97 Å². The van der Waals surface area contributed by atoms with E-state index in [4.69, 9.17) is 9.47 Å². The van der Waals surface area contributed by atoms with Gasteiger partial charge in [0.25, 0.3) is 0 Å². The molecule has 1 aromatic heterocycles. The highest BCUT2D eigenvalue weighted by molar-refractivity contribution is 5.76. The van der Waals surface area contributed by atoms with Crippen molar-refractivity contribution in [2.75, 3.05) is 6.61 Å². The third-order valence-corrected chi connectivity index (χ3v) is 6.55. The van der Waals surface area contributed by atoms with Gasteiger partial charge in [0.1, 0.15) is 0 Å². The van der Waals surface area contributed by atoms with Gasteiger partial charge in [0, 0.05) is 11.4 Å². The van der Waals surface area contributed by atoms with Gasteiger partial charge in [-0.05, 0) is 54.5 Å². The fraction of sp³-hybridized carbons (Fsp3) is 0.281. The van der Waals surface area contributed by atoms with Crippen LogP contribution in [0.3, 0.4) is 0 Å². The highest BCUT2D eigenvalue weighted by Crippen LogP contribution is 2.39. The number of hydrogen-bond donors (Lipinski definition) is 1. The number of hydrogen-bond acceptors (Lipinski definition) is 5. The molecule has 0 aliphatic heterocycles. The normalized spacial score (nSPS) is 12.3. The molecule has 38 heavy (non-hydrogen) atoms. The molecule has 6 nitrogen and oxygen atoms in total. The summed E-state index contributed by atoms with van der Waals surface area (Å²) in [5, 5.41) is 10.6. The molecule has 0 radical (unpaired) electrons. The van der Waals surface area contributed by atoms with Gasteiger partial charge in [0.15, 0.2) is 5.60 Å². The summed E-state index contributed by atoms with van der Waals surface area (Å²) in [6.07, 6.45) is -0.858. The molecule has 0 spiro atoms. The van der Waals surface area contributed by atoms with Gasteiger partial charge in [-0.25, -0.2) is 14.8 Å². The Kier molecular flexibility index (Phi) is 8.54. The maximum atomic E-state index is 12.9. The van der Waals surface area contributed by atoms with Crippen molar-refractivity contribution < 1.29 is 19.4 Å². The molecule has 0 aliphatic rings. The van der Waals surface area contributed by atoms with Crippen LogP contribution in [0, 0.1) is 13.8 Å². The molecule has 0 saturated heterocycles. The third-order valence-electron chi connectivity index (χ3n) is 6.55. The topological polar surface area (TPSA) is 81.5 Å². The maximum absolute atomic E-state index is 12.9. The summed E-state index contributed by atoms with van der Waals surface area (Å²) in [5.74, 6) is -0.730. The van der Waals surface area contributed by atoms with E-state index in [1.54, 1.807) is 0 Å². The Morgan fingerprint density at radius 2 is 1.37 bits per heavy atom. The van der Waals surface area contributed by atoms with E-state index in [1.165, 1.54) is 5.56 Å². The lowest BCUT2D eigenvalue weighted by atomic mass is 9.81. The number of ether oxygens (including phenoxy) is 2. The van der Waals surface area contributed by atoms with E-state index in [0.29, 0.717) is 34.9 Å². The molecule has 3 aromatic carbocycles. The van der Waals surface area contributed by atoms with Crippen LogP contribution >= 0.6 is 0 Å². The molecule has 0 amide bonds. The standard InChI is InChI=1S/C32H34N2O4/c1-22(2)26-17-15-25(16-18-26)19-20-37-32(27-11-7-5-8-12-27,28-13-9-6-10-14-28)29(30(35)36)38-31-33-23(3)21-24(4)34-31/h5-18,21-22,29H,19-20H2,1-4H3,(H,35,36). The lowest BCUT2D eigenvalue weighted by Gasteiger charge is -2.39. The lowest BCUT2D eigenvalue weighted by molar-refractivity contribution is -0.164. The zero-order chi connectivity index (χ0) is 27.1. The number of carboxylic acid groups (broad SMARTS) is 1. The Morgan fingerprint density at radius 3 is 1.84 bits per heavy atom. The van der Waals surface area contributed by atoms with Gasteiger partial charge in [-0.3, -0.25) is 0 Å². The van der Waals surface area contributed by atoms with Crippen LogP contribution in [-0.4, -0.2) is 33.8 Å². The first kappa shape index (κ1) is 27.0. The van der Waals surface area contributed by atoms with Crippen molar-refractivity contribution in [3.05, 3.63) is 125 Å². The SMILES string of the molecule is Cc1cc(C)nc(OC(C(=O)O)C(OCCc2ccc(C(C)C)cc2)(c2ccccc2)c2ccccc2)n1. The molecule has 196 valence electrons. The van der Waals surface area contributed by atoms with Crippen LogP contribution in [0.1, 0.15) is 53.4 Å². The first-order valence-corrected chi connectivity index (χ1v) is 12.8. The monoisotopic (exact) mass is 510 g/mol. The smallest absolute Gasteiger partial charge is 0.348 e. The minimum atomic E-state index is -1.47. The molecule has 1 unspecified atom stereocenters. The Balaban J connectivity index is 1.78. The molecule has 6 heteroatoms. The molecule has 1 N–H and O–H groups in total. The van der Waals surface area contributed by atoms with Crippen molar-refractivity contribution in [1.29, 1.82) is 0 Å². The van der Waals surface area contributed by atoms with E-state index >= 15 is 0 Å². The highest BCUT2D eigenvalue weighted by Gasteiger charge is 2.50. The van der Waals surface area contributed by atoms with Crippen LogP contribution < -0.4 is 4.74 Å². The maximum Gasteiger partial charge on any atom is 0.348 e. The fourth-order valence-corrected chi connectivity index (χ4v) is 4.64. The molecule has 4 aromatic rings. The number of rotatable bonds is 11. The van der Waals surface area contributed by atoms with E-state index in [2.05, 4.69) is 48.1 Å². The Bertz CT molecular complexity index is 1280. The highest BCUT2D eigenvalue weighted by atomic mass is 16.6. The van der Waals surface area contributed by atoms with Crippen LogP contribution in [0.4, 0.5) is 0 Å². The Labute approximate surface area is 224 Å². The molecule has 4 rings (SSSR count). The number of carboxylic acids is 1. The van der Waals surface area contributed by atoms with Gasteiger partial charge in [-0.2, -0.15) is 0 Å². The quantitative estimate of drug-likeness (QED) is 0.257. The van der Waals surface area contributed by atoms with Crippen LogP contribution in [0.5, 0.6) is 6.01 Å². The van der Waals surface area contributed by atoms with Crippen LogP contribution in [0.15, 0.2) is 91.0 Å². The van der Waals surface area contributed by atoms with E-state index in [-0.39, 0.29) is 12.6 Å². The summed E-state index contributed by atoms with van der Waals surface area (Å²) in [4.78, 5) is 21.7. The Morgan fingerprint density at radius 1 is 0.842 bits per heavy atom. The van der Waals surface area contributed by atoms with Crippen LogP contribution in [-0.2, 0) is 21.6 Å². The van der Waals surface area contributed by atoms with Crippen LogP contribution in [0.25, 0.3) is 0 Å². The van der Waals surface area contributed by atoms with Gasteiger partial charge in [0.2, 0.25) is 6.10 Å².